The number of nitrogens with zero attached hydrogens (tertiary/aromatic N) is 1. The fourth-order valence-corrected chi connectivity index (χ4v) is 2.51. The molecule has 0 atom stereocenters. The average molecular weight is 360 g/mol. The number of rotatable bonds is 4. The Morgan fingerprint density at radius 1 is 1.56 bits per heavy atom. The van der Waals surface area contributed by atoms with Gasteiger partial charge in [0.15, 0.2) is 0 Å². The van der Waals surface area contributed by atoms with Gasteiger partial charge in [0.2, 0.25) is 0 Å². The molecule has 1 amide bonds. The van der Waals surface area contributed by atoms with Crippen LogP contribution in [0.25, 0.3) is 0 Å². The number of hydrogen-bond acceptors (Lipinski definition) is 3. The van der Waals surface area contributed by atoms with Gasteiger partial charge in [0, 0.05) is 23.2 Å². The maximum atomic E-state index is 12.5. The zero-order valence-corrected chi connectivity index (χ0v) is 12.5. The summed E-state index contributed by atoms with van der Waals surface area (Å²) in [5.41, 5.74) is 0.405. The Morgan fingerprint density at radius 2 is 2.28 bits per heavy atom. The molecule has 1 fully saturated rings. The lowest BCUT2D eigenvalue weighted by molar-refractivity contribution is 0.0612. The molecule has 2 rings (SSSR count). The van der Waals surface area contributed by atoms with Gasteiger partial charge in [0.1, 0.15) is 5.75 Å². The third-order valence-electron chi connectivity index (χ3n) is 3.12. The van der Waals surface area contributed by atoms with Crippen LogP contribution in [-0.2, 0) is 0 Å². The number of phenolic OH excluding ortho intramolecular Hbond substituents is 1. The highest BCUT2D eigenvalue weighted by Crippen LogP contribution is 2.23. The molecule has 1 aliphatic rings. The van der Waals surface area contributed by atoms with Crippen LogP contribution in [0.3, 0.4) is 0 Å². The average Bonchev–Trinajstić information content (AvgIpc) is 2.28. The van der Waals surface area contributed by atoms with E-state index in [2.05, 4.69) is 34.8 Å². The van der Waals surface area contributed by atoms with Crippen LogP contribution in [0.1, 0.15) is 23.7 Å². The lowest BCUT2D eigenvalue weighted by Gasteiger charge is -2.38. The molecule has 18 heavy (non-hydrogen) atoms. The van der Waals surface area contributed by atoms with Gasteiger partial charge in [-0.25, -0.2) is 0 Å². The minimum atomic E-state index is -0.0700. The van der Waals surface area contributed by atoms with Gasteiger partial charge in [-0.2, -0.15) is 0 Å². The molecule has 5 heteroatoms. The lowest BCUT2D eigenvalue weighted by Crippen LogP contribution is -2.59. The van der Waals surface area contributed by atoms with Crippen LogP contribution in [0, 0.1) is 3.57 Å². The molecule has 0 unspecified atom stereocenters. The highest BCUT2D eigenvalue weighted by Gasteiger charge is 2.29. The molecule has 0 aromatic heterocycles. The van der Waals surface area contributed by atoms with Crippen molar-refractivity contribution < 1.29 is 9.90 Å². The van der Waals surface area contributed by atoms with Crippen LogP contribution < -0.4 is 5.32 Å². The van der Waals surface area contributed by atoms with Gasteiger partial charge in [0.25, 0.3) is 5.91 Å². The minimum Gasteiger partial charge on any atom is -0.507 e. The van der Waals surface area contributed by atoms with Crippen molar-refractivity contribution in [1.82, 2.24) is 10.2 Å². The first-order chi connectivity index (χ1) is 8.63. The van der Waals surface area contributed by atoms with E-state index in [1.165, 1.54) is 0 Å². The maximum Gasteiger partial charge on any atom is 0.257 e. The molecule has 1 aromatic carbocycles. The second-order valence-corrected chi connectivity index (χ2v) is 5.72. The van der Waals surface area contributed by atoms with E-state index in [0.29, 0.717) is 5.56 Å². The standard InChI is InChI=1S/C13H17IN2O2/c1-2-5-16(10-7-15-8-10)13(18)11-6-9(14)3-4-12(11)17/h3-4,6,10,15,17H,2,5,7-8H2,1H3. The Labute approximate surface area is 121 Å². The third-order valence-corrected chi connectivity index (χ3v) is 3.79. The molecule has 0 aliphatic carbocycles. The van der Waals surface area contributed by atoms with Crippen LogP contribution in [0.5, 0.6) is 5.75 Å². The third kappa shape index (κ3) is 2.77. The molecule has 98 valence electrons. The van der Waals surface area contributed by atoms with E-state index in [1.807, 2.05) is 4.90 Å². The van der Waals surface area contributed by atoms with Crippen molar-refractivity contribution in [2.75, 3.05) is 19.6 Å². The summed E-state index contributed by atoms with van der Waals surface area (Å²) in [5.74, 6) is -0.00633. The summed E-state index contributed by atoms with van der Waals surface area (Å²) >= 11 is 2.15. The number of phenols is 1. The molecule has 2 N–H and O–H groups in total. The summed E-state index contributed by atoms with van der Waals surface area (Å²) in [5, 5.41) is 13.0. The molecule has 4 nitrogen and oxygen atoms in total. The number of aromatic hydroxyl groups is 1. The fraction of sp³-hybridized carbons (Fsp3) is 0.462. The first kappa shape index (κ1) is 13.6. The summed E-state index contributed by atoms with van der Waals surface area (Å²) in [6, 6.07) is 5.38. The minimum absolute atomic E-state index is 0.0637. The zero-order chi connectivity index (χ0) is 13.1. The smallest absolute Gasteiger partial charge is 0.257 e. The van der Waals surface area contributed by atoms with Gasteiger partial charge < -0.3 is 15.3 Å². The van der Waals surface area contributed by atoms with E-state index in [-0.39, 0.29) is 17.7 Å². The SMILES string of the molecule is CCCN(C(=O)c1cc(I)ccc1O)C1CNC1. The van der Waals surface area contributed by atoms with Crippen LogP contribution in [0.4, 0.5) is 0 Å². The predicted octanol–water partition coefficient (Wildman–Crippen LogP) is 1.82. The van der Waals surface area contributed by atoms with Crippen molar-refractivity contribution >= 4 is 28.5 Å². The predicted molar refractivity (Wildman–Crippen MR) is 78.8 cm³/mol. The van der Waals surface area contributed by atoms with Crippen molar-refractivity contribution in [3.8, 4) is 5.75 Å². The van der Waals surface area contributed by atoms with E-state index in [1.54, 1.807) is 18.2 Å². The Kier molecular flexibility index (Phi) is 4.45. The summed E-state index contributed by atoms with van der Waals surface area (Å²) in [4.78, 5) is 14.3. The normalized spacial score (nSPS) is 15.2. The Morgan fingerprint density at radius 3 is 2.83 bits per heavy atom. The molecule has 1 heterocycles. The summed E-state index contributed by atoms with van der Waals surface area (Å²) in [6.07, 6.45) is 0.924. The summed E-state index contributed by atoms with van der Waals surface area (Å²) in [6.45, 7) is 4.48. The van der Waals surface area contributed by atoms with Gasteiger partial charge in [-0.05, 0) is 47.2 Å². The van der Waals surface area contributed by atoms with E-state index >= 15 is 0 Å². The van der Waals surface area contributed by atoms with Gasteiger partial charge in [0.05, 0.1) is 11.6 Å². The van der Waals surface area contributed by atoms with Crippen molar-refractivity contribution in [3.63, 3.8) is 0 Å². The summed E-state index contributed by atoms with van der Waals surface area (Å²) < 4.78 is 0.955. The second-order valence-electron chi connectivity index (χ2n) is 4.47. The van der Waals surface area contributed by atoms with E-state index in [9.17, 15) is 9.90 Å². The van der Waals surface area contributed by atoms with E-state index in [0.717, 1.165) is 29.6 Å². The number of hydrogen-bond donors (Lipinski definition) is 2. The van der Waals surface area contributed by atoms with Gasteiger partial charge >= 0.3 is 0 Å². The maximum absolute atomic E-state index is 12.5. The molecule has 1 aliphatic heterocycles. The number of nitrogens with one attached hydrogen (secondary N) is 1. The Balaban J connectivity index is 2.23. The van der Waals surface area contributed by atoms with Gasteiger partial charge in [-0.15, -0.1) is 0 Å². The largest absolute Gasteiger partial charge is 0.507 e. The first-order valence-corrected chi connectivity index (χ1v) is 7.21. The van der Waals surface area contributed by atoms with Crippen LogP contribution in [0.15, 0.2) is 18.2 Å². The molecule has 0 spiro atoms. The highest BCUT2D eigenvalue weighted by atomic mass is 127. The number of carbonyl (C=O) groups is 1. The van der Waals surface area contributed by atoms with Crippen LogP contribution in [0.2, 0.25) is 0 Å². The zero-order valence-electron chi connectivity index (χ0n) is 10.3. The molecule has 1 aromatic rings. The second kappa shape index (κ2) is 5.88. The van der Waals surface area contributed by atoms with E-state index in [4.69, 9.17) is 0 Å². The topological polar surface area (TPSA) is 52.6 Å². The summed E-state index contributed by atoms with van der Waals surface area (Å²) in [7, 11) is 0. The quantitative estimate of drug-likeness (QED) is 0.806. The van der Waals surface area contributed by atoms with E-state index < -0.39 is 0 Å². The fourth-order valence-electron chi connectivity index (χ4n) is 2.02. The Bertz CT molecular complexity index is 447. The lowest BCUT2D eigenvalue weighted by atomic mass is 10.1. The molecule has 0 bridgehead atoms. The van der Waals surface area contributed by atoms with Crippen LogP contribution >= 0.6 is 22.6 Å². The van der Waals surface area contributed by atoms with Crippen molar-refractivity contribution in [3.05, 3.63) is 27.3 Å². The van der Waals surface area contributed by atoms with Crippen molar-refractivity contribution in [2.24, 2.45) is 0 Å². The number of carbonyl (C=O) groups excluding carboxylic acids is 1. The molecule has 0 radical (unpaired) electrons. The molecular formula is C13H17IN2O2. The number of benzene rings is 1. The van der Waals surface area contributed by atoms with Crippen molar-refractivity contribution in [1.29, 1.82) is 0 Å². The van der Waals surface area contributed by atoms with Crippen LogP contribution in [-0.4, -0.2) is 41.6 Å². The Hall–Kier alpha value is -0.820. The monoisotopic (exact) mass is 360 g/mol. The number of amides is 1. The first-order valence-electron chi connectivity index (χ1n) is 6.13. The highest BCUT2D eigenvalue weighted by molar-refractivity contribution is 14.1. The molecule has 0 saturated carbocycles. The van der Waals surface area contributed by atoms with Gasteiger partial charge in [-0.3, -0.25) is 4.79 Å². The van der Waals surface area contributed by atoms with Gasteiger partial charge in [-0.1, -0.05) is 6.92 Å². The van der Waals surface area contributed by atoms with Crippen molar-refractivity contribution in [2.45, 2.75) is 19.4 Å². The molecular weight excluding hydrogens is 343 g/mol. The molecule has 1 saturated heterocycles. The number of halogens is 1.